The zero-order valence-electron chi connectivity index (χ0n) is 11.4. The molecule has 92 valence electrons. The van der Waals surface area contributed by atoms with Crippen LogP contribution in [0.3, 0.4) is 0 Å². The Kier molecular flexibility index (Phi) is 7.20. The lowest BCUT2D eigenvalue weighted by Gasteiger charge is -2.28. The van der Waals surface area contributed by atoms with Gasteiger partial charge >= 0.3 is 0 Å². The molecule has 0 fully saturated rings. The standard InChI is InChI=1S/C13H29NO/c1-7-11(3)9-12(8-2)14-10-13(4,5)15-6/h11-12,14H,7-10H2,1-6H3. The van der Waals surface area contributed by atoms with Gasteiger partial charge in [-0.3, -0.25) is 0 Å². The molecule has 0 spiro atoms. The smallest absolute Gasteiger partial charge is 0.0746 e. The molecule has 0 bridgehead atoms. The van der Waals surface area contributed by atoms with Crippen molar-refractivity contribution in [3.8, 4) is 0 Å². The first-order chi connectivity index (χ1) is 6.95. The van der Waals surface area contributed by atoms with Crippen molar-refractivity contribution in [2.45, 2.75) is 65.5 Å². The van der Waals surface area contributed by atoms with Gasteiger partial charge in [0.15, 0.2) is 0 Å². The third-order valence-corrected chi connectivity index (χ3v) is 3.25. The van der Waals surface area contributed by atoms with Gasteiger partial charge in [-0.05, 0) is 32.6 Å². The van der Waals surface area contributed by atoms with Crippen LogP contribution in [0, 0.1) is 5.92 Å². The SMILES string of the molecule is CCC(C)CC(CC)NCC(C)(C)OC. The fourth-order valence-electron chi connectivity index (χ4n) is 1.51. The molecule has 0 aliphatic rings. The normalized spacial score (nSPS) is 16.4. The van der Waals surface area contributed by atoms with Crippen molar-refractivity contribution >= 4 is 0 Å². The van der Waals surface area contributed by atoms with Gasteiger partial charge in [0, 0.05) is 19.7 Å². The molecule has 0 aliphatic heterocycles. The van der Waals surface area contributed by atoms with Crippen molar-refractivity contribution in [1.29, 1.82) is 0 Å². The second kappa shape index (κ2) is 7.24. The maximum absolute atomic E-state index is 5.40. The fraction of sp³-hybridized carbons (Fsp3) is 1.00. The molecule has 2 nitrogen and oxygen atoms in total. The first-order valence-corrected chi connectivity index (χ1v) is 6.23. The van der Waals surface area contributed by atoms with Gasteiger partial charge in [-0.15, -0.1) is 0 Å². The Morgan fingerprint density at radius 2 is 1.80 bits per heavy atom. The molecule has 0 rings (SSSR count). The number of rotatable bonds is 8. The van der Waals surface area contributed by atoms with E-state index in [9.17, 15) is 0 Å². The minimum atomic E-state index is -0.0527. The van der Waals surface area contributed by atoms with Gasteiger partial charge in [-0.2, -0.15) is 0 Å². The second-order valence-corrected chi connectivity index (χ2v) is 5.20. The second-order valence-electron chi connectivity index (χ2n) is 5.20. The summed E-state index contributed by atoms with van der Waals surface area (Å²) in [6.45, 7) is 12.0. The van der Waals surface area contributed by atoms with Crippen molar-refractivity contribution in [2.24, 2.45) is 5.92 Å². The maximum atomic E-state index is 5.40. The van der Waals surface area contributed by atoms with Crippen molar-refractivity contribution in [3.05, 3.63) is 0 Å². The van der Waals surface area contributed by atoms with Gasteiger partial charge in [0.25, 0.3) is 0 Å². The Morgan fingerprint density at radius 1 is 1.20 bits per heavy atom. The quantitative estimate of drug-likeness (QED) is 0.671. The molecular formula is C13H29NO. The molecule has 2 atom stereocenters. The summed E-state index contributed by atoms with van der Waals surface area (Å²) in [6.07, 6.45) is 3.74. The molecule has 0 radical (unpaired) electrons. The average molecular weight is 215 g/mol. The molecular weight excluding hydrogens is 186 g/mol. The predicted molar refractivity (Wildman–Crippen MR) is 67.2 cm³/mol. The number of hydrogen-bond acceptors (Lipinski definition) is 2. The molecule has 0 amide bonds. The lowest BCUT2D eigenvalue weighted by atomic mass is 9.97. The Morgan fingerprint density at radius 3 is 2.20 bits per heavy atom. The van der Waals surface area contributed by atoms with Crippen LogP contribution in [-0.2, 0) is 4.74 Å². The summed E-state index contributed by atoms with van der Waals surface area (Å²) in [5, 5.41) is 3.60. The number of methoxy groups -OCH3 is 1. The molecule has 0 aromatic rings. The van der Waals surface area contributed by atoms with Gasteiger partial charge in [-0.1, -0.05) is 27.2 Å². The summed E-state index contributed by atoms with van der Waals surface area (Å²) >= 11 is 0. The predicted octanol–water partition coefficient (Wildman–Crippen LogP) is 3.22. The van der Waals surface area contributed by atoms with Crippen LogP contribution < -0.4 is 5.32 Å². The van der Waals surface area contributed by atoms with Crippen molar-refractivity contribution < 1.29 is 4.74 Å². The molecule has 0 aliphatic carbocycles. The Hall–Kier alpha value is -0.0800. The largest absolute Gasteiger partial charge is 0.377 e. The van der Waals surface area contributed by atoms with Crippen LogP contribution in [0.2, 0.25) is 0 Å². The average Bonchev–Trinajstić information content (AvgIpc) is 2.23. The minimum absolute atomic E-state index is 0.0527. The van der Waals surface area contributed by atoms with E-state index in [1.807, 2.05) is 0 Å². The molecule has 15 heavy (non-hydrogen) atoms. The van der Waals surface area contributed by atoms with Crippen molar-refractivity contribution in [1.82, 2.24) is 5.32 Å². The van der Waals surface area contributed by atoms with Gasteiger partial charge in [-0.25, -0.2) is 0 Å². The van der Waals surface area contributed by atoms with E-state index in [2.05, 4.69) is 39.9 Å². The van der Waals surface area contributed by atoms with Gasteiger partial charge in [0.1, 0.15) is 0 Å². The summed E-state index contributed by atoms with van der Waals surface area (Å²) in [5.74, 6) is 0.813. The Labute approximate surface area is 95.8 Å². The molecule has 0 aromatic carbocycles. The topological polar surface area (TPSA) is 21.3 Å². The lowest BCUT2D eigenvalue weighted by molar-refractivity contribution is 0.0203. The van der Waals surface area contributed by atoms with Crippen molar-refractivity contribution in [3.63, 3.8) is 0 Å². The highest BCUT2D eigenvalue weighted by Gasteiger charge is 2.18. The van der Waals surface area contributed by atoms with Gasteiger partial charge < -0.3 is 10.1 Å². The van der Waals surface area contributed by atoms with E-state index in [1.54, 1.807) is 7.11 Å². The molecule has 0 saturated carbocycles. The summed E-state index contributed by atoms with van der Waals surface area (Å²) in [4.78, 5) is 0. The highest BCUT2D eigenvalue weighted by atomic mass is 16.5. The van der Waals surface area contributed by atoms with Crippen LogP contribution in [0.4, 0.5) is 0 Å². The third kappa shape index (κ3) is 6.91. The van der Waals surface area contributed by atoms with E-state index in [-0.39, 0.29) is 5.60 Å². The van der Waals surface area contributed by atoms with Crippen LogP contribution in [0.5, 0.6) is 0 Å². The van der Waals surface area contributed by atoms with Crippen molar-refractivity contribution in [2.75, 3.05) is 13.7 Å². The van der Waals surface area contributed by atoms with Crippen LogP contribution in [0.25, 0.3) is 0 Å². The number of nitrogens with one attached hydrogen (secondary N) is 1. The summed E-state index contributed by atoms with van der Waals surface area (Å²) in [6, 6.07) is 0.634. The fourth-order valence-corrected chi connectivity index (χ4v) is 1.51. The number of ether oxygens (including phenoxy) is 1. The molecule has 0 aromatic heterocycles. The summed E-state index contributed by atoms with van der Waals surface area (Å²) in [5.41, 5.74) is -0.0527. The van der Waals surface area contributed by atoms with E-state index in [0.29, 0.717) is 6.04 Å². The molecule has 0 heterocycles. The van der Waals surface area contributed by atoms with E-state index >= 15 is 0 Å². The first-order valence-electron chi connectivity index (χ1n) is 6.23. The van der Waals surface area contributed by atoms with Crippen LogP contribution in [-0.4, -0.2) is 25.3 Å². The van der Waals surface area contributed by atoms with E-state index in [1.165, 1.54) is 19.3 Å². The van der Waals surface area contributed by atoms with Gasteiger partial charge in [0.05, 0.1) is 5.60 Å². The zero-order valence-corrected chi connectivity index (χ0v) is 11.4. The summed E-state index contributed by atoms with van der Waals surface area (Å²) in [7, 11) is 1.78. The molecule has 1 N–H and O–H groups in total. The third-order valence-electron chi connectivity index (χ3n) is 3.25. The van der Waals surface area contributed by atoms with Crippen LogP contribution in [0.15, 0.2) is 0 Å². The Balaban J connectivity index is 3.89. The van der Waals surface area contributed by atoms with Crippen LogP contribution >= 0.6 is 0 Å². The minimum Gasteiger partial charge on any atom is -0.377 e. The first kappa shape index (κ1) is 14.9. The van der Waals surface area contributed by atoms with E-state index < -0.39 is 0 Å². The van der Waals surface area contributed by atoms with E-state index in [0.717, 1.165) is 12.5 Å². The molecule has 2 unspecified atom stereocenters. The number of hydrogen-bond donors (Lipinski definition) is 1. The Bertz CT molecular complexity index is 157. The lowest BCUT2D eigenvalue weighted by Crippen LogP contribution is -2.42. The summed E-state index contributed by atoms with van der Waals surface area (Å²) < 4.78 is 5.40. The highest BCUT2D eigenvalue weighted by Crippen LogP contribution is 2.13. The molecule has 2 heteroatoms. The van der Waals surface area contributed by atoms with E-state index in [4.69, 9.17) is 4.74 Å². The zero-order chi connectivity index (χ0) is 11.9. The monoisotopic (exact) mass is 215 g/mol. The van der Waals surface area contributed by atoms with Gasteiger partial charge in [0.2, 0.25) is 0 Å². The highest BCUT2D eigenvalue weighted by molar-refractivity contribution is 4.76. The maximum Gasteiger partial charge on any atom is 0.0746 e. The molecule has 0 saturated heterocycles. The van der Waals surface area contributed by atoms with Crippen LogP contribution in [0.1, 0.15) is 53.9 Å².